The van der Waals surface area contributed by atoms with E-state index in [9.17, 15) is 14.4 Å². The molecule has 1 aliphatic rings. The number of hydrogen-bond acceptors (Lipinski definition) is 4. The molecule has 1 amide bonds. The number of aliphatic carboxylic acids is 1. The normalized spacial score (nSPS) is 18.9. The molecule has 1 aromatic heterocycles. The summed E-state index contributed by atoms with van der Waals surface area (Å²) in [6.45, 7) is 2.20. The van der Waals surface area contributed by atoms with Crippen molar-refractivity contribution in [1.82, 2.24) is 9.88 Å². The summed E-state index contributed by atoms with van der Waals surface area (Å²) in [5.41, 5.74) is 0.322. The van der Waals surface area contributed by atoms with E-state index in [1.54, 1.807) is 24.8 Å². The maximum atomic E-state index is 12.4. The highest BCUT2D eigenvalue weighted by atomic mass is 32.2. The maximum Gasteiger partial charge on any atom is 0.305 e. The molecule has 1 fully saturated rings. The van der Waals surface area contributed by atoms with Crippen LogP contribution in [0.4, 0.5) is 0 Å². The minimum absolute atomic E-state index is 0.0675. The molecule has 108 valence electrons. The molecule has 1 saturated heterocycles. The Hall–Kier alpha value is -1.76. The highest BCUT2D eigenvalue weighted by molar-refractivity contribution is 7.99. The summed E-state index contributed by atoms with van der Waals surface area (Å²) in [4.78, 5) is 39.2. The smallest absolute Gasteiger partial charge is 0.305 e. The van der Waals surface area contributed by atoms with Gasteiger partial charge in [0.1, 0.15) is 5.56 Å². The number of carboxylic acids is 1. The number of nitrogens with one attached hydrogen (secondary N) is 1. The third kappa shape index (κ3) is 3.22. The lowest BCUT2D eigenvalue weighted by Crippen LogP contribution is -2.48. The first kappa shape index (κ1) is 14.6. The fraction of sp³-hybridized carbons (Fsp3) is 0.462. The molecule has 7 heteroatoms. The second-order valence-electron chi connectivity index (χ2n) is 4.71. The molecule has 1 aromatic rings. The van der Waals surface area contributed by atoms with Crippen LogP contribution in [0.25, 0.3) is 0 Å². The zero-order chi connectivity index (χ0) is 14.7. The van der Waals surface area contributed by atoms with Crippen LogP contribution in [0.5, 0.6) is 0 Å². The standard InChI is InChI=1S/C13H16N2O4S/c1-8-2-3-10(12(18)14-8)13(19)15-4-5-20-7-9(15)6-11(16)17/h2-3,9H,4-7H2,1H3,(H,14,18)(H,16,17). The van der Waals surface area contributed by atoms with Crippen molar-refractivity contribution in [3.8, 4) is 0 Å². The topological polar surface area (TPSA) is 90.5 Å². The zero-order valence-electron chi connectivity index (χ0n) is 11.1. The molecule has 1 unspecified atom stereocenters. The fourth-order valence-corrected chi connectivity index (χ4v) is 3.25. The van der Waals surface area contributed by atoms with Crippen molar-refractivity contribution in [2.24, 2.45) is 0 Å². The van der Waals surface area contributed by atoms with Crippen LogP contribution >= 0.6 is 11.8 Å². The molecule has 0 bridgehead atoms. The Kier molecular flexibility index (Phi) is 4.49. The van der Waals surface area contributed by atoms with E-state index in [2.05, 4.69) is 4.98 Å². The number of carbonyl (C=O) groups is 2. The zero-order valence-corrected chi connectivity index (χ0v) is 11.9. The van der Waals surface area contributed by atoms with Crippen molar-refractivity contribution in [1.29, 1.82) is 0 Å². The van der Waals surface area contributed by atoms with Crippen molar-refractivity contribution in [2.45, 2.75) is 19.4 Å². The van der Waals surface area contributed by atoms with Crippen LogP contribution in [0.3, 0.4) is 0 Å². The average molecular weight is 296 g/mol. The van der Waals surface area contributed by atoms with Crippen LogP contribution in [0.1, 0.15) is 22.5 Å². The Labute approximate surface area is 120 Å². The molecule has 1 aliphatic heterocycles. The molecule has 20 heavy (non-hydrogen) atoms. The summed E-state index contributed by atoms with van der Waals surface area (Å²) >= 11 is 1.62. The van der Waals surface area contributed by atoms with Gasteiger partial charge in [0.25, 0.3) is 11.5 Å². The van der Waals surface area contributed by atoms with E-state index in [0.717, 1.165) is 5.75 Å². The van der Waals surface area contributed by atoms with E-state index in [-0.39, 0.29) is 18.0 Å². The number of aromatic nitrogens is 1. The highest BCUT2D eigenvalue weighted by Crippen LogP contribution is 2.20. The van der Waals surface area contributed by atoms with Crippen molar-refractivity contribution < 1.29 is 14.7 Å². The molecule has 0 aromatic carbocycles. The molecular weight excluding hydrogens is 280 g/mol. The van der Waals surface area contributed by atoms with Crippen molar-refractivity contribution in [2.75, 3.05) is 18.1 Å². The lowest BCUT2D eigenvalue weighted by atomic mass is 10.1. The van der Waals surface area contributed by atoms with Gasteiger partial charge in [0.15, 0.2) is 0 Å². The number of thioether (sulfide) groups is 1. The van der Waals surface area contributed by atoms with E-state index in [1.165, 1.54) is 11.0 Å². The summed E-state index contributed by atoms with van der Waals surface area (Å²) in [5, 5.41) is 8.91. The predicted molar refractivity (Wildman–Crippen MR) is 76.2 cm³/mol. The number of H-pyrrole nitrogens is 1. The van der Waals surface area contributed by atoms with Gasteiger partial charge >= 0.3 is 5.97 Å². The molecule has 2 N–H and O–H groups in total. The summed E-state index contributed by atoms with van der Waals surface area (Å²) in [5.74, 6) is 0.0128. The van der Waals surface area contributed by atoms with Crippen LogP contribution in [0.15, 0.2) is 16.9 Å². The number of hydrogen-bond donors (Lipinski definition) is 2. The van der Waals surface area contributed by atoms with Gasteiger partial charge in [-0.2, -0.15) is 11.8 Å². The molecule has 0 saturated carbocycles. The van der Waals surface area contributed by atoms with E-state index in [0.29, 0.717) is 18.0 Å². The molecule has 0 spiro atoms. The van der Waals surface area contributed by atoms with E-state index in [1.807, 2.05) is 0 Å². The maximum absolute atomic E-state index is 12.4. The van der Waals surface area contributed by atoms with Gasteiger partial charge in [-0.1, -0.05) is 0 Å². The van der Waals surface area contributed by atoms with Crippen LogP contribution in [0, 0.1) is 6.92 Å². The lowest BCUT2D eigenvalue weighted by molar-refractivity contribution is -0.138. The van der Waals surface area contributed by atoms with E-state index in [4.69, 9.17) is 5.11 Å². The van der Waals surface area contributed by atoms with Crippen LogP contribution in [0.2, 0.25) is 0 Å². The van der Waals surface area contributed by atoms with Gasteiger partial charge in [0, 0.05) is 23.7 Å². The van der Waals surface area contributed by atoms with Crippen molar-refractivity contribution in [3.63, 3.8) is 0 Å². The lowest BCUT2D eigenvalue weighted by Gasteiger charge is -2.34. The number of rotatable bonds is 3. The highest BCUT2D eigenvalue weighted by Gasteiger charge is 2.30. The number of pyridine rings is 1. The first-order valence-corrected chi connectivity index (χ1v) is 7.45. The van der Waals surface area contributed by atoms with E-state index >= 15 is 0 Å². The largest absolute Gasteiger partial charge is 0.481 e. The van der Waals surface area contributed by atoms with Gasteiger partial charge in [-0.25, -0.2) is 0 Å². The predicted octanol–water partition coefficient (Wildman–Crippen LogP) is 0.716. The van der Waals surface area contributed by atoms with Crippen molar-refractivity contribution in [3.05, 3.63) is 33.7 Å². The molecule has 0 radical (unpaired) electrons. The third-order valence-corrected chi connectivity index (χ3v) is 4.28. The summed E-state index contributed by atoms with van der Waals surface area (Å²) in [6.07, 6.45) is -0.0947. The molecule has 0 aliphatic carbocycles. The second-order valence-corrected chi connectivity index (χ2v) is 5.86. The van der Waals surface area contributed by atoms with Crippen LogP contribution in [-0.4, -0.2) is 51.0 Å². The first-order valence-electron chi connectivity index (χ1n) is 6.29. The molecule has 1 atom stereocenters. The minimum atomic E-state index is -0.937. The van der Waals surface area contributed by atoms with Gasteiger partial charge in [0.05, 0.1) is 12.5 Å². The average Bonchev–Trinajstić information content (AvgIpc) is 2.38. The van der Waals surface area contributed by atoms with Crippen LogP contribution < -0.4 is 5.56 Å². The minimum Gasteiger partial charge on any atom is -0.481 e. The quantitative estimate of drug-likeness (QED) is 0.857. The summed E-state index contributed by atoms with van der Waals surface area (Å²) in [6, 6.07) is 2.80. The van der Waals surface area contributed by atoms with Crippen molar-refractivity contribution >= 4 is 23.6 Å². The third-order valence-electron chi connectivity index (χ3n) is 3.18. The molecule has 2 heterocycles. The van der Waals surface area contributed by atoms with Crippen LogP contribution in [-0.2, 0) is 4.79 Å². The van der Waals surface area contributed by atoms with Gasteiger partial charge in [-0.15, -0.1) is 0 Å². The summed E-state index contributed by atoms with van der Waals surface area (Å²) in [7, 11) is 0. The van der Waals surface area contributed by atoms with E-state index < -0.39 is 17.4 Å². The van der Waals surface area contributed by atoms with Gasteiger partial charge in [0.2, 0.25) is 0 Å². The molecular formula is C13H16N2O4S. The monoisotopic (exact) mass is 296 g/mol. The number of aromatic amines is 1. The Balaban J connectivity index is 2.25. The van der Waals surface area contributed by atoms with Gasteiger partial charge < -0.3 is 15.0 Å². The Morgan fingerprint density at radius 3 is 2.90 bits per heavy atom. The van der Waals surface area contributed by atoms with Gasteiger partial charge in [-0.05, 0) is 19.1 Å². The molecule has 6 nitrogen and oxygen atoms in total. The Bertz CT molecular complexity index is 584. The second kappa shape index (κ2) is 6.13. The number of amides is 1. The SMILES string of the molecule is Cc1ccc(C(=O)N2CCSCC2CC(=O)O)c(=O)[nH]1. The number of carboxylic acid groups (broad SMARTS) is 1. The number of carbonyl (C=O) groups excluding carboxylic acids is 1. The number of aryl methyl sites for hydroxylation is 1. The fourth-order valence-electron chi connectivity index (χ4n) is 2.19. The van der Waals surface area contributed by atoms with Gasteiger partial charge in [-0.3, -0.25) is 14.4 Å². The first-order chi connectivity index (χ1) is 9.49. The molecule has 2 rings (SSSR count). The Morgan fingerprint density at radius 1 is 1.50 bits per heavy atom. The number of nitrogens with zero attached hydrogens (tertiary/aromatic N) is 1. The Morgan fingerprint density at radius 2 is 2.25 bits per heavy atom. The summed E-state index contributed by atoms with van der Waals surface area (Å²) < 4.78 is 0.